The zero-order chi connectivity index (χ0) is 22.6. The molecule has 1 saturated heterocycles. The van der Waals surface area contributed by atoms with E-state index in [1.54, 1.807) is 11.3 Å². The number of fused-ring (bicyclic) bond motifs is 1. The molecule has 3 aromatic carbocycles. The number of aliphatic carboxylic acids is 1. The summed E-state index contributed by atoms with van der Waals surface area (Å²) in [5, 5.41) is 10.5. The molecule has 1 aromatic heterocycles. The zero-order valence-corrected chi connectivity index (χ0v) is 19.1. The predicted octanol–water partition coefficient (Wildman–Crippen LogP) is 5.76. The van der Waals surface area contributed by atoms with Crippen LogP contribution in [0.4, 0.5) is 0 Å². The molecule has 4 aromatic rings. The molecule has 1 N–H and O–H groups in total. The molecule has 2 heterocycles. The number of carboxylic acid groups (broad SMARTS) is 1. The fourth-order valence-electron chi connectivity index (χ4n) is 4.47. The fourth-order valence-corrected chi connectivity index (χ4v) is 5.59. The number of carbonyl (C=O) groups is 1. The lowest BCUT2D eigenvalue weighted by molar-refractivity contribution is -0.143. The van der Waals surface area contributed by atoms with Gasteiger partial charge in [0.05, 0.1) is 22.2 Å². The molecule has 5 rings (SSSR count). The Balaban J connectivity index is 1.50. The third-order valence-electron chi connectivity index (χ3n) is 6.24. The molecule has 0 bridgehead atoms. The normalized spacial score (nSPS) is 16.0. The van der Waals surface area contributed by atoms with Crippen LogP contribution in [0.3, 0.4) is 0 Å². The number of hydrogen-bond donors (Lipinski definition) is 1. The van der Waals surface area contributed by atoms with E-state index in [-0.39, 0.29) is 12.0 Å². The molecule has 1 atom stereocenters. The van der Waals surface area contributed by atoms with Crippen molar-refractivity contribution in [2.45, 2.75) is 25.5 Å². The van der Waals surface area contributed by atoms with Gasteiger partial charge in [-0.1, -0.05) is 60.7 Å². The van der Waals surface area contributed by atoms with Crippen LogP contribution in [0.1, 0.15) is 35.0 Å². The number of thiazole rings is 1. The van der Waals surface area contributed by atoms with Crippen molar-refractivity contribution in [2.24, 2.45) is 5.92 Å². The monoisotopic (exact) mass is 458 g/mol. The lowest BCUT2D eigenvalue weighted by Gasteiger charge is -2.36. The smallest absolute Gasteiger partial charge is 0.306 e. The molecule has 6 heteroatoms. The first-order valence-corrected chi connectivity index (χ1v) is 12.1. The van der Waals surface area contributed by atoms with Crippen LogP contribution in [-0.4, -0.2) is 34.0 Å². The first kappa shape index (κ1) is 21.6. The lowest BCUT2D eigenvalue weighted by Crippen LogP contribution is -2.39. The number of likely N-dealkylation sites (tertiary alicyclic amines) is 1. The maximum Gasteiger partial charge on any atom is 0.306 e. The van der Waals surface area contributed by atoms with Crippen LogP contribution >= 0.6 is 11.3 Å². The molecule has 0 spiro atoms. The van der Waals surface area contributed by atoms with Gasteiger partial charge in [-0.05, 0) is 49.7 Å². The molecule has 0 aliphatic carbocycles. The van der Waals surface area contributed by atoms with Crippen molar-refractivity contribution in [1.82, 2.24) is 9.88 Å². The average molecular weight is 459 g/mol. The molecule has 0 amide bonds. The van der Waals surface area contributed by atoms with Crippen molar-refractivity contribution in [3.63, 3.8) is 0 Å². The molecule has 1 unspecified atom stereocenters. The van der Waals surface area contributed by atoms with E-state index < -0.39 is 5.97 Å². The molecular formula is C27H26N2O3S. The van der Waals surface area contributed by atoms with Gasteiger partial charge in [-0.3, -0.25) is 9.69 Å². The third kappa shape index (κ3) is 4.77. The summed E-state index contributed by atoms with van der Waals surface area (Å²) in [6.45, 7) is 1.92. The second-order valence-corrected chi connectivity index (χ2v) is 9.45. The maximum atomic E-state index is 11.5. The summed E-state index contributed by atoms with van der Waals surface area (Å²) in [5.74, 6) is -0.134. The van der Waals surface area contributed by atoms with Crippen molar-refractivity contribution < 1.29 is 14.6 Å². The largest absolute Gasteiger partial charge is 0.489 e. The van der Waals surface area contributed by atoms with E-state index in [1.165, 1.54) is 0 Å². The van der Waals surface area contributed by atoms with Crippen LogP contribution < -0.4 is 4.74 Å². The van der Waals surface area contributed by atoms with Crippen molar-refractivity contribution in [2.75, 3.05) is 13.1 Å². The van der Waals surface area contributed by atoms with Gasteiger partial charge in [0.1, 0.15) is 17.4 Å². The molecule has 33 heavy (non-hydrogen) atoms. The Kier molecular flexibility index (Phi) is 6.37. The van der Waals surface area contributed by atoms with E-state index in [9.17, 15) is 9.90 Å². The Morgan fingerprint density at radius 2 is 1.70 bits per heavy atom. The SMILES string of the molecule is O=C(O)C1CCN(C(c2nc3ccccc3s2)c2ccccc2OCc2ccccc2)CC1. The molecule has 168 valence electrons. The molecule has 1 fully saturated rings. The standard InChI is InChI=1S/C27H26N2O3S/c30-27(31)20-14-16-29(17-15-20)25(26-28-22-11-5-7-13-24(22)33-26)21-10-4-6-12-23(21)32-18-19-8-2-1-3-9-19/h1-13,20,25H,14-18H2,(H,30,31). The van der Waals surface area contributed by atoms with Crippen LogP contribution in [0.2, 0.25) is 0 Å². The summed E-state index contributed by atoms with van der Waals surface area (Å²) >= 11 is 1.70. The van der Waals surface area contributed by atoms with E-state index in [0.717, 1.165) is 32.1 Å². The predicted molar refractivity (Wildman–Crippen MR) is 131 cm³/mol. The minimum absolute atomic E-state index is 0.0795. The minimum atomic E-state index is -0.696. The number of piperidine rings is 1. The van der Waals surface area contributed by atoms with E-state index in [2.05, 4.69) is 29.2 Å². The highest BCUT2D eigenvalue weighted by molar-refractivity contribution is 7.18. The van der Waals surface area contributed by atoms with Gasteiger partial charge in [0.15, 0.2) is 0 Å². The highest BCUT2D eigenvalue weighted by Crippen LogP contribution is 2.40. The Morgan fingerprint density at radius 3 is 2.45 bits per heavy atom. The average Bonchev–Trinajstić information content (AvgIpc) is 3.28. The molecule has 5 nitrogen and oxygen atoms in total. The summed E-state index contributed by atoms with van der Waals surface area (Å²) in [4.78, 5) is 18.9. The van der Waals surface area contributed by atoms with Gasteiger partial charge in [0, 0.05) is 5.56 Å². The Morgan fingerprint density at radius 1 is 1.00 bits per heavy atom. The quantitative estimate of drug-likeness (QED) is 0.381. The topological polar surface area (TPSA) is 62.7 Å². The number of nitrogens with zero attached hydrogens (tertiary/aromatic N) is 2. The van der Waals surface area contributed by atoms with E-state index in [1.807, 2.05) is 54.6 Å². The van der Waals surface area contributed by atoms with E-state index in [0.29, 0.717) is 32.5 Å². The van der Waals surface area contributed by atoms with E-state index in [4.69, 9.17) is 9.72 Å². The number of carboxylic acids is 1. The number of hydrogen-bond acceptors (Lipinski definition) is 5. The van der Waals surface area contributed by atoms with Crippen LogP contribution in [-0.2, 0) is 11.4 Å². The van der Waals surface area contributed by atoms with Crippen molar-refractivity contribution in [3.05, 3.63) is 95.0 Å². The lowest BCUT2D eigenvalue weighted by atomic mass is 9.94. The van der Waals surface area contributed by atoms with Crippen LogP contribution in [0.5, 0.6) is 5.75 Å². The Labute approximate surface area is 197 Å². The van der Waals surface area contributed by atoms with Gasteiger partial charge in [0.2, 0.25) is 0 Å². The van der Waals surface area contributed by atoms with Gasteiger partial charge >= 0.3 is 5.97 Å². The highest BCUT2D eigenvalue weighted by atomic mass is 32.1. The van der Waals surface area contributed by atoms with Crippen molar-refractivity contribution in [3.8, 4) is 5.75 Å². The van der Waals surface area contributed by atoms with Gasteiger partial charge < -0.3 is 9.84 Å². The summed E-state index contributed by atoms with van der Waals surface area (Å²) in [6, 6.07) is 26.4. The summed E-state index contributed by atoms with van der Waals surface area (Å²) in [7, 11) is 0. The van der Waals surface area contributed by atoms with Crippen LogP contribution in [0.25, 0.3) is 10.2 Å². The molecule has 0 radical (unpaired) electrons. The second kappa shape index (κ2) is 9.73. The summed E-state index contributed by atoms with van der Waals surface area (Å²) < 4.78 is 7.46. The van der Waals surface area contributed by atoms with Crippen molar-refractivity contribution in [1.29, 1.82) is 0 Å². The van der Waals surface area contributed by atoms with Gasteiger partial charge in [-0.25, -0.2) is 4.98 Å². The first-order valence-electron chi connectivity index (χ1n) is 11.3. The first-order chi connectivity index (χ1) is 16.2. The molecule has 0 saturated carbocycles. The number of aromatic nitrogens is 1. The molecule has 1 aliphatic rings. The summed E-state index contributed by atoms with van der Waals surface area (Å²) in [5.41, 5.74) is 3.18. The van der Waals surface area contributed by atoms with Gasteiger partial charge in [-0.2, -0.15) is 0 Å². The number of para-hydroxylation sites is 2. The molecule has 1 aliphatic heterocycles. The van der Waals surface area contributed by atoms with Crippen molar-refractivity contribution >= 4 is 27.5 Å². The number of rotatable bonds is 7. The van der Waals surface area contributed by atoms with Crippen LogP contribution in [0.15, 0.2) is 78.9 Å². The second-order valence-electron chi connectivity index (χ2n) is 8.38. The Bertz CT molecular complexity index is 1200. The van der Waals surface area contributed by atoms with Crippen LogP contribution in [0, 0.1) is 5.92 Å². The zero-order valence-electron chi connectivity index (χ0n) is 18.3. The summed E-state index contributed by atoms with van der Waals surface area (Å²) in [6.07, 6.45) is 1.29. The highest BCUT2D eigenvalue weighted by Gasteiger charge is 2.33. The van der Waals surface area contributed by atoms with Gasteiger partial charge in [0.25, 0.3) is 0 Å². The van der Waals surface area contributed by atoms with Gasteiger partial charge in [-0.15, -0.1) is 11.3 Å². The third-order valence-corrected chi connectivity index (χ3v) is 7.33. The number of ether oxygens (including phenoxy) is 1. The minimum Gasteiger partial charge on any atom is -0.489 e. The maximum absolute atomic E-state index is 11.5. The number of benzene rings is 3. The molecular weight excluding hydrogens is 432 g/mol. The Hall–Kier alpha value is -3.22. The fraction of sp³-hybridized carbons (Fsp3) is 0.259. The van der Waals surface area contributed by atoms with E-state index >= 15 is 0 Å².